The van der Waals surface area contributed by atoms with Crippen molar-refractivity contribution in [2.45, 2.75) is 38.5 Å². The molecule has 0 aromatic carbocycles. The quantitative estimate of drug-likeness (QED) is 0.748. The first-order chi connectivity index (χ1) is 8.11. The van der Waals surface area contributed by atoms with Gasteiger partial charge in [-0.2, -0.15) is 5.26 Å². The zero-order chi connectivity index (χ0) is 12.0. The second-order valence-electron chi connectivity index (χ2n) is 7.22. The average Bonchev–Trinajstić information content (AvgIpc) is 2.23. The van der Waals surface area contributed by atoms with Gasteiger partial charge in [-0.05, 0) is 75.8 Å². The molecular formula is C15H24N2. The smallest absolute Gasteiger partial charge is 0.0675 e. The number of rotatable bonds is 3. The topological polar surface area (TPSA) is 27.0 Å². The van der Waals surface area contributed by atoms with Crippen LogP contribution in [0.15, 0.2) is 0 Å². The molecule has 0 saturated heterocycles. The Morgan fingerprint density at radius 1 is 1.12 bits per heavy atom. The molecule has 1 atom stereocenters. The molecule has 4 saturated carbocycles. The molecule has 4 bridgehead atoms. The van der Waals surface area contributed by atoms with Crippen molar-refractivity contribution in [3.8, 4) is 6.07 Å². The van der Waals surface area contributed by atoms with Crippen LogP contribution in [0.3, 0.4) is 0 Å². The highest BCUT2D eigenvalue weighted by Gasteiger charge is 2.54. The van der Waals surface area contributed by atoms with Gasteiger partial charge in [0.1, 0.15) is 0 Å². The van der Waals surface area contributed by atoms with Crippen LogP contribution < -0.4 is 0 Å². The van der Waals surface area contributed by atoms with Crippen molar-refractivity contribution in [3.05, 3.63) is 0 Å². The molecular weight excluding hydrogens is 208 g/mol. The van der Waals surface area contributed by atoms with Gasteiger partial charge in [0.2, 0.25) is 0 Å². The second kappa shape index (κ2) is 3.99. The van der Waals surface area contributed by atoms with Crippen LogP contribution in [0.2, 0.25) is 0 Å². The maximum absolute atomic E-state index is 9.56. The third-order valence-electron chi connectivity index (χ3n) is 5.53. The van der Waals surface area contributed by atoms with E-state index in [0.717, 1.165) is 24.3 Å². The summed E-state index contributed by atoms with van der Waals surface area (Å²) >= 11 is 0. The second-order valence-corrected chi connectivity index (χ2v) is 7.22. The monoisotopic (exact) mass is 232 g/mol. The van der Waals surface area contributed by atoms with Crippen molar-refractivity contribution in [3.63, 3.8) is 0 Å². The van der Waals surface area contributed by atoms with Crippen LogP contribution in [-0.4, -0.2) is 25.5 Å². The van der Waals surface area contributed by atoms with Crippen molar-refractivity contribution < 1.29 is 0 Å². The van der Waals surface area contributed by atoms with Crippen LogP contribution in [0.4, 0.5) is 0 Å². The first kappa shape index (κ1) is 11.5. The number of hydrogen-bond donors (Lipinski definition) is 0. The molecule has 2 nitrogen and oxygen atoms in total. The summed E-state index contributed by atoms with van der Waals surface area (Å²) in [4.78, 5) is 2.20. The lowest BCUT2D eigenvalue weighted by Crippen LogP contribution is -2.51. The molecule has 0 N–H and O–H groups in total. The standard InChI is InChI=1S/C15H24N2/c1-17(2)10-14(9-16)15-6-11-3-12(7-15)5-13(4-11)8-15/h11-14H,3-8,10H2,1-2H3. The number of hydrogen-bond acceptors (Lipinski definition) is 2. The molecule has 4 aliphatic rings. The Kier molecular flexibility index (Phi) is 2.70. The van der Waals surface area contributed by atoms with Gasteiger partial charge in [-0.3, -0.25) is 0 Å². The molecule has 4 rings (SSSR count). The van der Waals surface area contributed by atoms with Crippen molar-refractivity contribution in [2.75, 3.05) is 20.6 Å². The lowest BCUT2D eigenvalue weighted by atomic mass is 9.46. The molecule has 0 spiro atoms. The first-order valence-corrected chi connectivity index (χ1v) is 7.15. The van der Waals surface area contributed by atoms with E-state index in [9.17, 15) is 5.26 Å². The van der Waals surface area contributed by atoms with Crippen LogP contribution in [0.25, 0.3) is 0 Å². The minimum absolute atomic E-state index is 0.269. The van der Waals surface area contributed by atoms with Crippen molar-refractivity contribution >= 4 is 0 Å². The Morgan fingerprint density at radius 3 is 1.94 bits per heavy atom. The molecule has 0 aromatic rings. The maximum atomic E-state index is 9.56. The van der Waals surface area contributed by atoms with E-state index in [2.05, 4.69) is 25.1 Å². The van der Waals surface area contributed by atoms with Crippen molar-refractivity contribution in [2.24, 2.45) is 29.1 Å². The molecule has 4 fully saturated rings. The Bertz CT molecular complexity index is 304. The van der Waals surface area contributed by atoms with Crippen molar-refractivity contribution in [1.82, 2.24) is 4.90 Å². The van der Waals surface area contributed by atoms with E-state index in [-0.39, 0.29) is 5.92 Å². The maximum Gasteiger partial charge on any atom is 0.0675 e. The molecule has 0 radical (unpaired) electrons. The fraction of sp³-hybridized carbons (Fsp3) is 0.933. The zero-order valence-corrected chi connectivity index (χ0v) is 11.2. The highest BCUT2D eigenvalue weighted by Crippen LogP contribution is 2.62. The van der Waals surface area contributed by atoms with E-state index in [1.54, 1.807) is 0 Å². The first-order valence-electron chi connectivity index (χ1n) is 7.15. The predicted octanol–water partition coefficient (Wildman–Crippen LogP) is 2.90. The Hall–Kier alpha value is -0.550. The summed E-state index contributed by atoms with van der Waals surface area (Å²) in [6.07, 6.45) is 8.47. The van der Waals surface area contributed by atoms with Gasteiger partial charge in [0, 0.05) is 6.54 Å². The Labute approximate surface area is 105 Å². The Balaban J connectivity index is 1.83. The van der Waals surface area contributed by atoms with Crippen LogP contribution >= 0.6 is 0 Å². The van der Waals surface area contributed by atoms with Crippen molar-refractivity contribution in [1.29, 1.82) is 5.26 Å². The normalized spacial score (nSPS) is 44.9. The summed E-state index contributed by atoms with van der Waals surface area (Å²) in [6, 6.07) is 2.65. The summed E-state index contributed by atoms with van der Waals surface area (Å²) in [5.41, 5.74) is 0.397. The van der Waals surface area contributed by atoms with Gasteiger partial charge in [-0.15, -0.1) is 0 Å². The SMILES string of the molecule is CN(C)CC(C#N)C12CC3CC(CC(C3)C1)C2. The predicted molar refractivity (Wildman–Crippen MR) is 68.3 cm³/mol. The van der Waals surface area contributed by atoms with E-state index in [4.69, 9.17) is 0 Å². The molecule has 0 heterocycles. The minimum Gasteiger partial charge on any atom is -0.308 e. The summed E-state index contributed by atoms with van der Waals surface area (Å²) in [7, 11) is 4.20. The third-order valence-corrected chi connectivity index (χ3v) is 5.53. The molecule has 17 heavy (non-hydrogen) atoms. The largest absolute Gasteiger partial charge is 0.308 e. The third kappa shape index (κ3) is 1.89. The van der Waals surface area contributed by atoms with Gasteiger partial charge in [0.15, 0.2) is 0 Å². The van der Waals surface area contributed by atoms with Gasteiger partial charge in [0.05, 0.1) is 12.0 Å². The van der Waals surface area contributed by atoms with E-state index < -0.39 is 0 Å². The van der Waals surface area contributed by atoms with E-state index >= 15 is 0 Å². The highest BCUT2D eigenvalue weighted by molar-refractivity contribution is 5.09. The molecule has 0 amide bonds. The van der Waals surface area contributed by atoms with E-state index in [1.807, 2.05) is 0 Å². The van der Waals surface area contributed by atoms with Gasteiger partial charge < -0.3 is 4.90 Å². The van der Waals surface area contributed by atoms with Crippen LogP contribution in [-0.2, 0) is 0 Å². The summed E-state index contributed by atoms with van der Waals surface area (Å²) in [5, 5.41) is 9.56. The molecule has 2 heteroatoms. The van der Waals surface area contributed by atoms with Gasteiger partial charge in [-0.1, -0.05) is 0 Å². The number of nitriles is 1. The molecule has 0 aliphatic heterocycles. The molecule has 0 aromatic heterocycles. The summed E-state index contributed by atoms with van der Waals surface area (Å²) in [6.45, 7) is 0.961. The van der Waals surface area contributed by atoms with Crippen LogP contribution in [0.1, 0.15) is 38.5 Å². The minimum atomic E-state index is 0.269. The van der Waals surface area contributed by atoms with Crippen LogP contribution in [0, 0.1) is 40.4 Å². The van der Waals surface area contributed by atoms with E-state index in [0.29, 0.717) is 5.41 Å². The molecule has 4 aliphatic carbocycles. The molecule has 1 unspecified atom stereocenters. The number of nitrogens with zero attached hydrogens (tertiary/aromatic N) is 2. The van der Waals surface area contributed by atoms with Crippen LogP contribution in [0.5, 0.6) is 0 Å². The highest BCUT2D eigenvalue weighted by atomic mass is 15.1. The molecule has 94 valence electrons. The van der Waals surface area contributed by atoms with Gasteiger partial charge in [0.25, 0.3) is 0 Å². The lowest BCUT2D eigenvalue weighted by molar-refractivity contribution is -0.0780. The lowest BCUT2D eigenvalue weighted by Gasteiger charge is -2.58. The average molecular weight is 232 g/mol. The van der Waals surface area contributed by atoms with Gasteiger partial charge >= 0.3 is 0 Å². The fourth-order valence-corrected chi connectivity index (χ4v) is 5.34. The van der Waals surface area contributed by atoms with Gasteiger partial charge in [-0.25, -0.2) is 0 Å². The zero-order valence-electron chi connectivity index (χ0n) is 11.2. The van der Waals surface area contributed by atoms with E-state index in [1.165, 1.54) is 38.5 Å². The Morgan fingerprint density at radius 2 is 1.59 bits per heavy atom. The fourth-order valence-electron chi connectivity index (χ4n) is 5.34. The summed E-state index contributed by atoms with van der Waals surface area (Å²) in [5.74, 6) is 3.14. The summed E-state index contributed by atoms with van der Waals surface area (Å²) < 4.78 is 0.